The lowest BCUT2D eigenvalue weighted by Gasteiger charge is -2.30. The number of nitrogens with zero attached hydrogens (tertiary/aromatic N) is 3. The Kier molecular flexibility index (Phi) is 4.86. The van der Waals surface area contributed by atoms with Gasteiger partial charge in [0.25, 0.3) is 0 Å². The van der Waals surface area contributed by atoms with Crippen LogP contribution in [0, 0.1) is 0 Å². The first-order valence-corrected chi connectivity index (χ1v) is 7.28. The fourth-order valence-corrected chi connectivity index (χ4v) is 2.65. The molecule has 1 aromatic rings. The normalized spacial score (nSPS) is 16.4. The zero-order valence-corrected chi connectivity index (χ0v) is 13.2. The summed E-state index contributed by atoms with van der Waals surface area (Å²) in [6.07, 6.45) is -3.12. The minimum atomic E-state index is -1.48. The Bertz CT molecular complexity index is 709. The number of hydrogen-bond acceptors (Lipinski definition) is 6. The number of Topliss-reactive ketones (excluding diaryl/α,β-unsaturated/α-hetero) is 1. The second-order valence-corrected chi connectivity index (χ2v) is 5.34. The molecule has 0 aliphatic carbocycles. The number of amides is 1. The van der Waals surface area contributed by atoms with Gasteiger partial charge < -0.3 is 19.8 Å². The van der Waals surface area contributed by atoms with E-state index in [2.05, 4.69) is 5.10 Å². The van der Waals surface area contributed by atoms with Gasteiger partial charge in [0.1, 0.15) is 12.1 Å². The van der Waals surface area contributed by atoms with E-state index in [9.17, 15) is 29.4 Å². The van der Waals surface area contributed by atoms with E-state index in [0.717, 1.165) is 4.90 Å². The van der Waals surface area contributed by atoms with Crippen LogP contribution in [0.4, 0.5) is 9.59 Å². The highest BCUT2D eigenvalue weighted by Crippen LogP contribution is 2.27. The molecule has 1 amide bonds. The monoisotopic (exact) mass is 339 g/mol. The highest BCUT2D eigenvalue weighted by Gasteiger charge is 2.35. The number of aromatic nitrogens is 2. The Morgan fingerprint density at radius 1 is 1.25 bits per heavy atom. The predicted molar refractivity (Wildman–Crippen MR) is 78.0 cm³/mol. The molecule has 1 aliphatic rings. The Morgan fingerprint density at radius 3 is 2.46 bits per heavy atom. The molecule has 0 spiro atoms. The van der Waals surface area contributed by atoms with Crippen molar-refractivity contribution in [1.29, 1.82) is 0 Å². The number of fused-ring (bicyclic) bond motifs is 1. The second kappa shape index (κ2) is 6.69. The van der Waals surface area contributed by atoms with Gasteiger partial charge in [0, 0.05) is 18.0 Å². The van der Waals surface area contributed by atoms with E-state index in [0.29, 0.717) is 10.4 Å². The maximum atomic E-state index is 12.4. The zero-order valence-electron chi connectivity index (χ0n) is 13.2. The van der Waals surface area contributed by atoms with Crippen LogP contribution in [0.25, 0.3) is 0 Å². The van der Waals surface area contributed by atoms with Crippen molar-refractivity contribution in [1.82, 2.24) is 14.7 Å². The zero-order chi connectivity index (χ0) is 18.0. The molecule has 0 saturated heterocycles. The Labute approximate surface area is 136 Å². The first-order valence-electron chi connectivity index (χ1n) is 7.28. The van der Waals surface area contributed by atoms with Crippen molar-refractivity contribution < 1.29 is 34.1 Å². The SMILES string of the molecule is CCOC(=O)CC(=O)c1c2c(nn1C(=O)O)C[C@@H](C)N(C(=O)O)C2. The highest BCUT2D eigenvalue weighted by atomic mass is 16.5. The van der Waals surface area contributed by atoms with Crippen LogP contribution in [0.15, 0.2) is 0 Å². The van der Waals surface area contributed by atoms with Gasteiger partial charge in [0.05, 0.1) is 18.8 Å². The number of carbonyl (C=O) groups is 4. The number of carbonyl (C=O) groups excluding carboxylic acids is 2. The number of hydrogen-bond donors (Lipinski definition) is 2. The van der Waals surface area contributed by atoms with Gasteiger partial charge in [-0.2, -0.15) is 9.78 Å². The summed E-state index contributed by atoms with van der Waals surface area (Å²) < 4.78 is 5.19. The van der Waals surface area contributed by atoms with Crippen molar-refractivity contribution in [3.05, 3.63) is 17.0 Å². The summed E-state index contributed by atoms with van der Waals surface area (Å²) in [5.74, 6) is -1.56. The highest BCUT2D eigenvalue weighted by molar-refractivity contribution is 6.07. The van der Waals surface area contributed by atoms with Crippen molar-refractivity contribution in [2.45, 2.75) is 39.3 Å². The van der Waals surface area contributed by atoms with E-state index in [1.165, 1.54) is 0 Å². The van der Waals surface area contributed by atoms with Crippen LogP contribution in [0.3, 0.4) is 0 Å². The summed E-state index contributed by atoms with van der Waals surface area (Å²) in [6, 6.07) is -0.403. The Balaban J connectivity index is 2.43. The van der Waals surface area contributed by atoms with Gasteiger partial charge in [-0.05, 0) is 13.8 Å². The van der Waals surface area contributed by atoms with E-state index < -0.39 is 36.4 Å². The number of esters is 1. The topological polar surface area (TPSA) is 139 Å². The molecular formula is C14H17N3O7. The summed E-state index contributed by atoms with van der Waals surface area (Å²) in [7, 11) is 0. The smallest absolute Gasteiger partial charge is 0.432 e. The molecular weight excluding hydrogens is 322 g/mol. The maximum absolute atomic E-state index is 12.4. The lowest BCUT2D eigenvalue weighted by molar-refractivity contribution is -0.141. The van der Waals surface area contributed by atoms with Gasteiger partial charge in [0.15, 0.2) is 5.78 Å². The molecule has 1 aliphatic heterocycles. The molecule has 0 radical (unpaired) electrons. The molecule has 24 heavy (non-hydrogen) atoms. The molecule has 10 nitrogen and oxygen atoms in total. The third kappa shape index (κ3) is 3.21. The van der Waals surface area contributed by atoms with Crippen molar-refractivity contribution in [3.8, 4) is 0 Å². The molecule has 2 heterocycles. The number of ether oxygens (including phenoxy) is 1. The predicted octanol–water partition coefficient (Wildman–Crippen LogP) is 0.970. The standard InChI is InChI=1S/C14H17N3O7/c1-3-24-11(19)5-10(18)12-8-6-16(13(20)21)7(2)4-9(8)15-17(12)14(22)23/h7H,3-6H2,1-2H3,(H,20,21)(H,22,23)/t7-/m1/s1. The largest absolute Gasteiger partial charge is 0.466 e. The van der Waals surface area contributed by atoms with Crippen molar-refractivity contribution in [2.24, 2.45) is 0 Å². The number of ketones is 1. The molecule has 0 saturated carbocycles. The third-order valence-electron chi connectivity index (χ3n) is 3.72. The lowest BCUT2D eigenvalue weighted by atomic mass is 9.98. The maximum Gasteiger partial charge on any atom is 0.432 e. The van der Waals surface area contributed by atoms with E-state index in [1.807, 2.05) is 0 Å². The van der Waals surface area contributed by atoms with Crippen LogP contribution in [-0.4, -0.2) is 61.5 Å². The molecule has 2 rings (SSSR count). The van der Waals surface area contributed by atoms with Gasteiger partial charge >= 0.3 is 18.2 Å². The van der Waals surface area contributed by atoms with E-state index >= 15 is 0 Å². The molecule has 0 bridgehead atoms. The molecule has 130 valence electrons. The van der Waals surface area contributed by atoms with Crippen LogP contribution < -0.4 is 0 Å². The van der Waals surface area contributed by atoms with Crippen molar-refractivity contribution >= 4 is 23.9 Å². The summed E-state index contributed by atoms with van der Waals surface area (Å²) in [6.45, 7) is 3.17. The number of rotatable bonds is 4. The van der Waals surface area contributed by atoms with Crippen LogP contribution in [-0.2, 0) is 22.5 Å². The second-order valence-electron chi connectivity index (χ2n) is 5.34. The lowest BCUT2D eigenvalue weighted by Crippen LogP contribution is -2.42. The van der Waals surface area contributed by atoms with Gasteiger partial charge in [-0.1, -0.05) is 0 Å². The fraction of sp³-hybridized carbons (Fsp3) is 0.500. The van der Waals surface area contributed by atoms with Gasteiger partial charge in [-0.15, -0.1) is 0 Å². The molecule has 0 unspecified atom stereocenters. The van der Waals surface area contributed by atoms with Gasteiger partial charge in [0.2, 0.25) is 0 Å². The molecule has 1 atom stereocenters. The third-order valence-corrected chi connectivity index (χ3v) is 3.72. The van der Waals surface area contributed by atoms with Gasteiger partial charge in [-0.25, -0.2) is 9.59 Å². The molecule has 0 fully saturated rings. The number of carboxylic acid groups (broad SMARTS) is 2. The van der Waals surface area contributed by atoms with E-state index in [1.54, 1.807) is 13.8 Å². The van der Waals surface area contributed by atoms with E-state index in [-0.39, 0.29) is 30.8 Å². The first-order chi connectivity index (χ1) is 11.3. The Morgan fingerprint density at radius 2 is 1.92 bits per heavy atom. The summed E-state index contributed by atoms with van der Waals surface area (Å²) in [5.41, 5.74) is 0.269. The fourth-order valence-electron chi connectivity index (χ4n) is 2.65. The van der Waals surface area contributed by atoms with Crippen LogP contribution in [0.2, 0.25) is 0 Å². The summed E-state index contributed by atoms with van der Waals surface area (Å²) >= 11 is 0. The van der Waals surface area contributed by atoms with Gasteiger partial charge in [-0.3, -0.25) is 9.59 Å². The van der Waals surface area contributed by atoms with E-state index in [4.69, 9.17) is 4.74 Å². The quantitative estimate of drug-likeness (QED) is 0.470. The van der Waals surface area contributed by atoms with Crippen LogP contribution in [0.1, 0.15) is 42.0 Å². The first kappa shape index (κ1) is 17.4. The molecule has 1 aromatic heterocycles. The molecule has 0 aromatic carbocycles. The average molecular weight is 339 g/mol. The minimum Gasteiger partial charge on any atom is -0.466 e. The summed E-state index contributed by atoms with van der Waals surface area (Å²) in [4.78, 5) is 47.6. The summed E-state index contributed by atoms with van der Waals surface area (Å²) in [5, 5.41) is 22.4. The van der Waals surface area contributed by atoms with Crippen LogP contribution in [0.5, 0.6) is 0 Å². The van der Waals surface area contributed by atoms with Crippen molar-refractivity contribution in [3.63, 3.8) is 0 Å². The average Bonchev–Trinajstić information content (AvgIpc) is 2.84. The van der Waals surface area contributed by atoms with Crippen LogP contribution >= 0.6 is 0 Å². The Hall–Kier alpha value is -2.91. The molecule has 2 N–H and O–H groups in total. The minimum absolute atomic E-state index is 0.0900. The van der Waals surface area contributed by atoms with Crippen molar-refractivity contribution in [2.75, 3.05) is 6.61 Å². The molecule has 10 heteroatoms.